The van der Waals surface area contributed by atoms with Gasteiger partial charge < -0.3 is 4.74 Å². The van der Waals surface area contributed by atoms with Crippen molar-refractivity contribution in [2.45, 2.75) is 52.2 Å². The van der Waals surface area contributed by atoms with Gasteiger partial charge in [0.1, 0.15) is 0 Å². The minimum absolute atomic E-state index is 0.00882. The number of aryl methyl sites for hydroxylation is 1. The van der Waals surface area contributed by atoms with E-state index in [0.29, 0.717) is 6.54 Å². The van der Waals surface area contributed by atoms with E-state index in [9.17, 15) is 8.42 Å². The van der Waals surface area contributed by atoms with E-state index < -0.39 is 10.0 Å². The zero-order valence-corrected chi connectivity index (χ0v) is 15.3. The van der Waals surface area contributed by atoms with Gasteiger partial charge in [0.05, 0.1) is 23.6 Å². The molecule has 2 atom stereocenters. The first kappa shape index (κ1) is 18.4. The van der Waals surface area contributed by atoms with Gasteiger partial charge in [-0.2, -0.15) is 4.31 Å². The fraction of sp³-hybridized carbons (Fsp3) is 0.706. The highest BCUT2D eigenvalue weighted by molar-refractivity contribution is 7.89. The minimum atomic E-state index is -3.40. The molecule has 0 spiro atoms. The molecule has 5 nitrogen and oxygen atoms in total. The number of nitrogens with zero attached hydrogens (tertiary/aromatic N) is 2. The first-order chi connectivity index (χ1) is 10.8. The lowest BCUT2D eigenvalue weighted by Crippen LogP contribution is -2.42. The Hall–Kier alpha value is -0.980. The molecule has 1 heterocycles. The van der Waals surface area contributed by atoms with E-state index in [4.69, 9.17) is 4.74 Å². The minimum Gasteiger partial charge on any atom is -0.381 e. The van der Waals surface area contributed by atoms with Crippen molar-refractivity contribution >= 4 is 10.0 Å². The second-order valence-corrected chi connectivity index (χ2v) is 8.71. The Bertz CT molecular complexity index is 616. The van der Waals surface area contributed by atoms with Crippen LogP contribution in [0.15, 0.2) is 18.3 Å². The quantitative estimate of drug-likeness (QED) is 0.766. The van der Waals surface area contributed by atoms with Gasteiger partial charge in [-0.05, 0) is 43.7 Å². The molecule has 6 heteroatoms. The Morgan fingerprint density at radius 3 is 2.78 bits per heavy atom. The lowest BCUT2D eigenvalue weighted by Gasteiger charge is -2.35. The van der Waals surface area contributed by atoms with Crippen LogP contribution in [0.1, 0.15) is 50.9 Å². The number of rotatable bonds is 7. The molecule has 0 bridgehead atoms. The molecule has 1 aliphatic carbocycles. The third-order valence-electron chi connectivity index (χ3n) is 4.26. The number of methoxy groups -OCH3 is 1. The zero-order chi connectivity index (χ0) is 17.0. The monoisotopic (exact) mass is 340 g/mol. The number of sulfonamides is 1. The van der Waals surface area contributed by atoms with Crippen LogP contribution in [0, 0.1) is 5.92 Å². The molecule has 0 N–H and O–H groups in total. The van der Waals surface area contributed by atoms with Crippen molar-refractivity contribution in [3.8, 4) is 0 Å². The van der Waals surface area contributed by atoms with E-state index >= 15 is 0 Å². The number of fused-ring (bicyclic) bond motifs is 1. The van der Waals surface area contributed by atoms with Gasteiger partial charge in [0.2, 0.25) is 10.0 Å². The number of hydrogen-bond donors (Lipinski definition) is 0. The van der Waals surface area contributed by atoms with Crippen LogP contribution in [0.2, 0.25) is 0 Å². The van der Waals surface area contributed by atoms with Gasteiger partial charge in [0.25, 0.3) is 0 Å². The summed E-state index contributed by atoms with van der Waals surface area (Å²) < 4.78 is 32.8. The van der Waals surface area contributed by atoms with Crippen molar-refractivity contribution in [1.82, 2.24) is 9.29 Å². The molecule has 1 aromatic heterocycles. The summed E-state index contributed by atoms with van der Waals surface area (Å²) in [6.45, 7) is 6.40. The van der Waals surface area contributed by atoms with E-state index in [-0.39, 0.29) is 23.8 Å². The number of hydrogen-bond acceptors (Lipinski definition) is 4. The van der Waals surface area contributed by atoms with Crippen molar-refractivity contribution in [2.75, 3.05) is 19.4 Å². The molecule has 1 aliphatic rings. The van der Waals surface area contributed by atoms with E-state index in [1.807, 2.05) is 19.9 Å². The molecule has 0 saturated heterocycles. The van der Waals surface area contributed by atoms with E-state index in [1.165, 1.54) is 5.56 Å². The molecular formula is C17H28N2O3S. The molecule has 0 fully saturated rings. The Morgan fingerprint density at radius 2 is 2.13 bits per heavy atom. The Kier molecular flexibility index (Phi) is 6.17. The topological polar surface area (TPSA) is 59.5 Å². The summed E-state index contributed by atoms with van der Waals surface area (Å²) in [6.07, 6.45) is 4.24. The number of pyridine rings is 1. The summed E-state index contributed by atoms with van der Waals surface area (Å²) in [7, 11) is -1.86. The van der Waals surface area contributed by atoms with Gasteiger partial charge >= 0.3 is 0 Å². The lowest BCUT2D eigenvalue weighted by atomic mass is 9.91. The van der Waals surface area contributed by atoms with Gasteiger partial charge in [-0.25, -0.2) is 8.42 Å². The van der Waals surface area contributed by atoms with Gasteiger partial charge in [-0.15, -0.1) is 0 Å². The number of aromatic nitrogens is 1. The standard InChI is InChI=1S/C17H28N2O3S/c1-13(2)11-19(23(20,21)12-14(3)22-4)16-9-5-7-15-8-6-10-18-17(15)16/h6,8,10,13-14,16H,5,7,9,11-12H2,1-4H3/t14-,16+/m1/s1. The third kappa shape index (κ3) is 4.52. The second kappa shape index (κ2) is 7.73. The van der Waals surface area contributed by atoms with Gasteiger partial charge in [0.15, 0.2) is 0 Å². The van der Waals surface area contributed by atoms with Crippen LogP contribution in [-0.4, -0.2) is 43.2 Å². The molecular weight excluding hydrogens is 312 g/mol. The predicted octanol–water partition coefficient (Wildman–Crippen LogP) is 2.78. The van der Waals surface area contributed by atoms with Crippen molar-refractivity contribution in [2.24, 2.45) is 5.92 Å². The maximum absolute atomic E-state index is 13.0. The van der Waals surface area contributed by atoms with Crippen LogP contribution in [-0.2, 0) is 21.2 Å². The van der Waals surface area contributed by atoms with Crippen LogP contribution in [0.3, 0.4) is 0 Å². The summed E-state index contributed by atoms with van der Waals surface area (Å²) in [5.41, 5.74) is 2.10. The van der Waals surface area contributed by atoms with Crippen LogP contribution in [0.25, 0.3) is 0 Å². The highest BCUT2D eigenvalue weighted by Gasteiger charge is 2.35. The Morgan fingerprint density at radius 1 is 1.39 bits per heavy atom. The summed E-state index contributed by atoms with van der Waals surface area (Å²) in [6, 6.07) is 3.83. The largest absolute Gasteiger partial charge is 0.381 e. The molecule has 0 saturated carbocycles. The predicted molar refractivity (Wildman–Crippen MR) is 91.7 cm³/mol. The maximum atomic E-state index is 13.0. The van der Waals surface area contributed by atoms with Gasteiger partial charge in [-0.1, -0.05) is 19.9 Å². The average molecular weight is 340 g/mol. The Balaban J connectivity index is 2.36. The molecule has 1 aromatic rings. The highest BCUT2D eigenvalue weighted by atomic mass is 32.2. The zero-order valence-electron chi connectivity index (χ0n) is 14.5. The highest BCUT2D eigenvalue weighted by Crippen LogP contribution is 2.35. The molecule has 0 radical (unpaired) electrons. The molecule has 23 heavy (non-hydrogen) atoms. The first-order valence-electron chi connectivity index (χ1n) is 8.31. The molecule has 130 valence electrons. The fourth-order valence-corrected chi connectivity index (χ4v) is 5.16. The van der Waals surface area contributed by atoms with Crippen LogP contribution in [0.4, 0.5) is 0 Å². The Labute approximate surface area is 140 Å². The smallest absolute Gasteiger partial charge is 0.217 e. The SMILES string of the molecule is CO[C@H](C)CS(=O)(=O)N(CC(C)C)[C@H]1CCCc2cccnc21. The van der Waals surface area contributed by atoms with Crippen LogP contribution < -0.4 is 0 Å². The van der Waals surface area contributed by atoms with E-state index in [1.54, 1.807) is 24.5 Å². The summed E-state index contributed by atoms with van der Waals surface area (Å²) >= 11 is 0. The summed E-state index contributed by atoms with van der Waals surface area (Å²) in [5.74, 6) is 0.270. The average Bonchev–Trinajstić information content (AvgIpc) is 2.51. The van der Waals surface area contributed by atoms with Crippen molar-refractivity contribution in [1.29, 1.82) is 0 Å². The normalized spacial score (nSPS) is 19.8. The third-order valence-corrected chi connectivity index (χ3v) is 6.27. The maximum Gasteiger partial charge on any atom is 0.217 e. The van der Waals surface area contributed by atoms with Crippen LogP contribution >= 0.6 is 0 Å². The van der Waals surface area contributed by atoms with Gasteiger partial charge in [0, 0.05) is 19.9 Å². The molecule has 0 amide bonds. The molecule has 0 aliphatic heterocycles. The lowest BCUT2D eigenvalue weighted by molar-refractivity contribution is 0.133. The van der Waals surface area contributed by atoms with Gasteiger partial charge in [-0.3, -0.25) is 4.98 Å². The van der Waals surface area contributed by atoms with Crippen molar-refractivity contribution < 1.29 is 13.2 Å². The molecule has 0 unspecified atom stereocenters. The van der Waals surface area contributed by atoms with Crippen LogP contribution in [0.5, 0.6) is 0 Å². The second-order valence-electron chi connectivity index (χ2n) is 6.74. The van der Waals surface area contributed by atoms with E-state index in [0.717, 1.165) is 25.0 Å². The fourth-order valence-electron chi connectivity index (χ4n) is 3.12. The first-order valence-corrected chi connectivity index (χ1v) is 9.92. The summed E-state index contributed by atoms with van der Waals surface area (Å²) in [5, 5.41) is 0. The molecule has 2 rings (SSSR count). The number of ether oxygens (including phenoxy) is 1. The summed E-state index contributed by atoms with van der Waals surface area (Å²) in [4.78, 5) is 4.50. The van der Waals surface area contributed by atoms with Crippen molar-refractivity contribution in [3.63, 3.8) is 0 Å². The van der Waals surface area contributed by atoms with Crippen molar-refractivity contribution in [3.05, 3.63) is 29.6 Å². The molecule has 0 aromatic carbocycles. The van der Waals surface area contributed by atoms with E-state index in [2.05, 4.69) is 11.1 Å².